The van der Waals surface area contributed by atoms with Crippen molar-refractivity contribution >= 4 is 11.6 Å². The molecule has 2 N–H and O–H groups in total. The van der Waals surface area contributed by atoms with Crippen LogP contribution < -0.4 is 11.0 Å². The van der Waals surface area contributed by atoms with Crippen molar-refractivity contribution in [2.24, 2.45) is 0 Å². The molecule has 2 aromatic rings. The Hall–Kier alpha value is -2.70. The molecule has 1 aromatic carbocycles. The topological polar surface area (TPSA) is 92.7 Å². The Kier molecular flexibility index (Phi) is 2.82. The molecule has 0 spiro atoms. The average molecular weight is 231 g/mol. The summed E-state index contributed by atoms with van der Waals surface area (Å²) < 4.78 is 1.09. The summed E-state index contributed by atoms with van der Waals surface area (Å²) in [7, 11) is 0. The summed E-state index contributed by atoms with van der Waals surface area (Å²) in [6, 6.07) is 6.66. The van der Waals surface area contributed by atoms with Crippen LogP contribution in [0, 0.1) is 0 Å². The molecule has 86 valence electrons. The molecule has 0 atom stereocenters. The molecule has 0 radical (unpaired) electrons. The van der Waals surface area contributed by atoms with Crippen molar-refractivity contribution in [1.29, 1.82) is 0 Å². The lowest BCUT2D eigenvalue weighted by atomic mass is 10.3. The fraction of sp³-hybridized carbons (Fsp3) is 0. The number of carbonyl (C=O) groups excluding carboxylic acids is 1. The van der Waals surface area contributed by atoms with E-state index in [0.29, 0.717) is 11.4 Å². The van der Waals surface area contributed by atoms with Gasteiger partial charge in [0.25, 0.3) is 0 Å². The van der Waals surface area contributed by atoms with Gasteiger partial charge in [-0.15, -0.1) is 0 Å². The van der Waals surface area contributed by atoms with Gasteiger partial charge in [0.1, 0.15) is 0 Å². The third-order valence-electron chi connectivity index (χ3n) is 2.02. The highest BCUT2D eigenvalue weighted by Crippen LogP contribution is 2.12. The number of tetrazole rings is 1. The van der Waals surface area contributed by atoms with E-state index in [2.05, 4.69) is 27.4 Å². The third-order valence-corrected chi connectivity index (χ3v) is 2.02. The Labute approximate surface area is 95.8 Å². The Morgan fingerprint density at radius 2 is 2.35 bits per heavy atom. The maximum Gasteiger partial charge on any atom is 0.365 e. The summed E-state index contributed by atoms with van der Waals surface area (Å²) >= 11 is 0. The molecule has 0 fully saturated rings. The lowest BCUT2D eigenvalue weighted by molar-refractivity contribution is -0.111. The van der Waals surface area contributed by atoms with Gasteiger partial charge in [0.2, 0.25) is 5.91 Å². The predicted octanol–water partition coefficient (Wildman–Crippen LogP) is 0.0801. The number of benzene rings is 1. The number of aromatic amines is 1. The van der Waals surface area contributed by atoms with Crippen molar-refractivity contribution in [2.75, 3.05) is 5.32 Å². The number of aromatic nitrogens is 4. The number of anilines is 1. The van der Waals surface area contributed by atoms with E-state index in [4.69, 9.17) is 0 Å². The van der Waals surface area contributed by atoms with Gasteiger partial charge in [-0.25, -0.2) is 9.89 Å². The largest absolute Gasteiger partial charge is 0.365 e. The Morgan fingerprint density at radius 3 is 3.00 bits per heavy atom. The van der Waals surface area contributed by atoms with E-state index >= 15 is 0 Å². The highest BCUT2D eigenvalue weighted by molar-refractivity contribution is 5.98. The molecule has 0 saturated carbocycles. The molecule has 0 bridgehead atoms. The van der Waals surface area contributed by atoms with Crippen molar-refractivity contribution < 1.29 is 4.79 Å². The minimum atomic E-state index is -0.447. The van der Waals surface area contributed by atoms with E-state index < -0.39 is 5.69 Å². The van der Waals surface area contributed by atoms with Crippen LogP contribution >= 0.6 is 0 Å². The zero-order valence-electron chi connectivity index (χ0n) is 8.75. The molecule has 17 heavy (non-hydrogen) atoms. The van der Waals surface area contributed by atoms with Gasteiger partial charge in [0.05, 0.1) is 5.69 Å². The first-order valence-electron chi connectivity index (χ1n) is 4.75. The second-order valence-electron chi connectivity index (χ2n) is 3.16. The van der Waals surface area contributed by atoms with Gasteiger partial charge in [-0.05, 0) is 34.7 Å². The number of rotatable bonds is 3. The Bertz CT molecular complexity index is 613. The van der Waals surface area contributed by atoms with Crippen LogP contribution in [0.4, 0.5) is 5.69 Å². The van der Waals surface area contributed by atoms with E-state index in [9.17, 15) is 9.59 Å². The molecule has 1 aromatic heterocycles. The maximum atomic E-state index is 11.3. The van der Waals surface area contributed by atoms with Crippen LogP contribution in [-0.4, -0.2) is 26.1 Å². The lowest BCUT2D eigenvalue weighted by Gasteiger charge is -2.04. The predicted molar refractivity (Wildman–Crippen MR) is 60.8 cm³/mol. The summed E-state index contributed by atoms with van der Waals surface area (Å²) in [5.74, 6) is -0.324. The molecular weight excluding hydrogens is 222 g/mol. The molecule has 1 amide bonds. The molecule has 2 rings (SSSR count). The Morgan fingerprint density at radius 1 is 1.53 bits per heavy atom. The minimum Gasteiger partial charge on any atom is -0.322 e. The molecule has 0 aliphatic carbocycles. The van der Waals surface area contributed by atoms with Crippen molar-refractivity contribution in [3.8, 4) is 5.69 Å². The molecule has 0 aliphatic rings. The monoisotopic (exact) mass is 231 g/mol. The summed E-state index contributed by atoms with van der Waals surface area (Å²) in [6.07, 6.45) is 1.16. The quantitative estimate of drug-likeness (QED) is 0.731. The van der Waals surface area contributed by atoms with Gasteiger partial charge < -0.3 is 5.32 Å². The number of H-pyrrole nitrogens is 1. The second kappa shape index (κ2) is 4.44. The van der Waals surface area contributed by atoms with Crippen LogP contribution in [0.1, 0.15) is 0 Å². The van der Waals surface area contributed by atoms with Crippen LogP contribution in [0.25, 0.3) is 5.69 Å². The van der Waals surface area contributed by atoms with Gasteiger partial charge in [0, 0.05) is 5.69 Å². The fourth-order valence-corrected chi connectivity index (χ4v) is 1.28. The van der Waals surface area contributed by atoms with Gasteiger partial charge >= 0.3 is 5.69 Å². The van der Waals surface area contributed by atoms with Crippen LogP contribution in [-0.2, 0) is 4.79 Å². The molecule has 0 unspecified atom stereocenters. The SMILES string of the molecule is C=CC(=O)Nc1cccc(-n2nn[nH]c2=O)c1. The molecular formula is C10H9N5O2. The lowest BCUT2D eigenvalue weighted by Crippen LogP contribution is -2.16. The first kappa shape index (κ1) is 10.8. The van der Waals surface area contributed by atoms with Crippen molar-refractivity contribution in [3.63, 3.8) is 0 Å². The van der Waals surface area contributed by atoms with Crippen molar-refractivity contribution in [3.05, 3.63) is 47.4 Å². The summed E-state index contributed by atoms with van der Waals surface area (Å²) in [6.45, 7) is 3.35. The standard InChI is InChI=1S/C10H9N5O2/c1-2-9(16)11-7-4-3-5-8(6-7)15-10(17)12-13-14-15/h2-6H,1H2,(H,11,16)(H,12,14,17). The average Bonchev–Trinajstić information content (AvgIpc) is 2.75. The van der Waals surface area contributed by atoms with Crippen LogP contribution in [0.2, 0.25) is 0 Å². The van der Waals surface area contributed by atoms with Gasteiger partial charge in [0.15, 0.2) is 0 Å². The minimum absolute atomic E-state index is 0.324. The third kappa shape index (κ3) is 2.28. The van der Waals surface area contributed by atoms with E-state index in [1.807, 2.05) is 0 Å². The number of hydrogen-bond donors (Lipinski definition) is 2. The van der Waals surface area contributed by atoms with E-state index in [1.165, 1.54) is 0 Å². The molecule has 0 saturated heterocycles. The fourth-order valence-electron chi connectivity index (χ4n) is 1.28. The van der Waals surface area contributed by atoms with Crippen molar-refractivity contribution in [2.45, 2.75) is 0 Å². The van der Waals surface area contributed by atoms with E-state index in [0.717, 1.165) is 10.8 Å². The van der Waals surface area contributed by atoms with Crippen molar-refractivity contribution in [1.82, 2.24) is 20.2 Å². The smallest absolute Gasteiger partial charge is 0.322 e. The van der Waals surface area contributed by atoms with Crippen LogP contribution in [0.15, 0.2) is 41.7 Å². The van der Waals surface area contributed by atoms with Gasteiger partial charge in [-0.1, -0.05) is 12.6 Å². The highest BCUT2D eigenvalue weighted by atomic mass is 16.2. The number of hydrogen-bond acceptors (Lipinski definition) is 4. The van der Waals surface area contributed by atoms with Gasteiger partial charge in [-0.3, -0.25) is 4.79 Å². The first-order valence-corrected chi connectivity index (χ1v) is 4.75. The zero-order chi connectivity index (χ0) is 12.3. The maximum absolute atomic E-state index is 11.3. The van der Waals surface area contributed by atoms with Crippen LogP contribution in [0.3, 0.4) is 0 Å². The molecule has 1 heterocycles. The summed E-state index contributed by atoms with van der Waals surface area (Å²) in [5.41, 5.74) is 0.602. The first-order chi connectivity index (χ1) is 8.20. The van der Waals surface area contributed by atoms with Gasteiger partial charge in [-0.2, -0.15) is 4.68 Å². The normalized spacial score (nSPS) is 9.88. The number of amides is 1. The zero-order valence-corrected chi connectivity index (χ0v) is 8.75. The highest BCUT2D eigenvalue weighted by Gasteiger charge is 2.04. The van der Waals surface area contributed by atoms with E-state index in [1.54, 1.807) is 24.3 Å². The van der Waals surface area contributed by atoms with E-state index in [-0.39, 0.29) is 5.91 Å². The number of nitrogens with one attached hydrogen (secondary N) is 2. The number of nitrogens with zero attached hydrogens (tertiary/aromatic N) is 3. The Balaban J connectivity index is 2.35. The van der Waals surface area contributed by atoms with Crippen LogP contribution in [0.5, 0.6) is 0 Å². The summed E-state index contributed by atoms with van der Waals surface area (Å²) in [5, 5.41) is 11.7. The molecule has 0 aliphatic heterocycles. The summed E-state index contributed by atoms with van der Waals surface area (Å²) in [4.78, 5) is 22.4. The molecule has 7 heteroatoms. The second-order valence-corrected chi connectivity index (χ2v) is 3.16. The number of carbonyl (C=O) groups is 1. The molecule has 7 nitrogen and oxygen atoms in total.